The summed E-state index contributed by atoms with van der Waals surface area (Å²) >= 11 is 0. The molecular formula is C19H26N3OP. The molecule has 1 saturated heterocycles. The first kappa shape index (κ1) is 17.4. The van der Waals surface area contributed by atoms with E-state index < -0.39 is 7.58 Å². The van der Waals surface area contributed by atoms with E-state index in [1.807, 2.05) is 18.2 Å². The molecule has 1 unspecified atom stereocenters. The van der Waals surface area contributed by atoms with Gasteiger partial charge in [-0.1, -0.05) is 62.4 Å². The van der Waals surface area contributed by atoms with Crippen molar-refractivity contribution in [2.75, 3.05) is 26.2 Å². The highest BCUT2D eigenvalue weighted by Crippen LogP contribution is 2.62. The molecule has 1 aliphatic rings. The van der Waals surface area contributed by atoms with Crippen LogP contribution < -0.4 is 0 Å². The van der Waals surface area contributed by atoms with E-state index in [1.165, 1.54) is 5.56 Å². The lowest BCUT2D eigenvalue weighted by atomic mass is 10.2. The number of hydrogen-bond acceptors (Lipinski definition) is 2. The smallest absolute Gasteiger partial charge is 0.233 e. The molecule has 0 saturated carbocycles. The molecule has 0 aromatic heterocycles. The maximum atomic E-state index is 6.37. The van der Waals surface area contributed by atoms with Crippen LogP contribution in [-0.4, -0.2) is 35.6 Å². The molecule has 0 aliphatic carbocycles. The van der Waals surface area contributed by atoms with E-state index >= 15 is 0 Å². The Morgan fingerprint density at radius 3 is 2.25 bits per heavy atom. The molecule has 1 atom stereocenters. The monoisotopic (exact) mass is 343 g/mol. The molecule has 2 aromatic carbocycles. The Labute approximate surface area is 145 Å². The third-order valence-corrected chi connectivity index (χ3v) is 7.69. The second-order valence-corrected chi connectivity index (χ2v) is 8.41. The first-order valence-electron chi connectivity index (χ1n) is 8.65. The summed E-state index contributed by atoms with van der Waals surface area (Å²) in [5.41, 5.74) is 2.31. The van der Waals surface area contributed by atoms with Gasteiger partial charge >= 0.3 is 0 Å². The number of nitrogens with zero attached hydrogens (tertiary/aromatic N) is 3. The highest BCUT2D eigenvalue weighted by atomic mass is 31.2. The Morgan fingerprint density at radius 2 is 1.62 bits per heavy atom. The van der Waals surface area contributed by atoms with Crippen LogP contribution in [0.4, 0.5) is 5.69 Å². The van der Waals surface area contributed by atoms with Crippen LogP contribution in [0.3, 0.4) is 0 Å². The Morgan fingerprint density at radius 1 is 1.00 bits per heavy atom. The molecule has 5 heteroatoms. The van der Waals surface area contributed by atoms with Crippen LogP contribution in [0.2, 0.25) is 0 Å². The van der Waals surface area contributed by atoms with Crippen molar-refractivity contribution in [1.82, 2.24) is 9.34 Å². The van der Waals surface area contributed by atoms with Crippen LogP contribution >= 0.6 is 7.58 Å². The lowest BCUT2D eigenvalue weighted by Crippen LogP contribution is -2.28. The van der Waals surface area contributed by atoms with Crippen molar-refractivity contribution in [3.63, 3.8) is 0 Å². The van der Waals surface area contributed by atoms with Gasteiger partial charge in [-0.15, -0.1) is 0 Å². The molecule has 24 heavy (non-hydrogen) atoms. The Bertz CT molecular complexity index is 686. The van der Waals surface area contributed by atoms with E-state index in [2.05, 4.69) is 65.7 Å². The lowest BCUT2D eigenvalue weighted by Gasteiger charge is -2.36. The fourth-order valence-electron chi connectivity index (χ4n) is 3.10. The van der Waals surface area contributed by atoms with Gasteiger partial charge in [0.05, 0.1) is 12.3 Å². The van der Waals surface area contributed by atoms with Gasteiger partial charge in [0, 0.05) is 26.2 Å². The topological polar surface area (TPSA) is 28.1 Å². The Kier molecular flexibility index (Phi) is 5.85. The molecule has 0 bridgehead atoms. The minimum atomic E-state index is -2.16. The molecule has 128 valence electrons. The second-order valence-electron chi connectivity index (χ2n) is 5.79. The molecule has 4 nitrogen and oxygen atoms in total. The highest BCUT2D eigenvalue weighted by molar-refractivity contribution is 7.57. The van der Waals surface area contributed by atoms with Crippen molar-refractivity contribution >= 4 is 13.3 Å². The lowest BCUT2D eigenvalue weighted by molar-refractivity contribution is 0.341. The molecule has 2 aromatic rings. The maximum absolute atomic E-state index is 6.37. The average Bonchev–Trinajstić information content (AvgIpc) is 3.01. The van der Waals surface area contributed by atoms with E-state index in [4.69, 9.17) is 9.27 Å². The summed E-state index contributed by atoms with van der Waals surface area (Å²) in [7, 11) is -2.16. The maximum Gasteiger partial charge on any atom is 0.233 e. The molecule has 1 aliphatic heterocycles. The quantitative estimate of drug-likeness (QED) is 0.680. The molecule has 0 spiro atoms. The van der Waals surface area contributed by atoms with Crippen LogP contribution in [0.1, 0.15) is 19.4 Å². The molecule has 3 rings (SSSR count). The normalized spacial score (nSPS) is 21.3. The molecular weight excluding hydrogens is 317 g/mol. The molecule has 0 amide bonds. The van der Waals surface area contributed by atoms with Crippen LogP contribution in [0, 0.1) is 0 Å². The van der Waals surface area contributed by atoms with Crippen molar-refractivity contribution in [2.24, 2.45) is 4.74 Å². The fraction of sp³-hybridized carbons (Fsp3) is 0.368. The number of rotatable bonds is 6. The summed E-state index contributed by atoms with van der Waals surface area (Å²) in [4.78, 5) is 0. The van der Waals surface area contributed by atoms with Gasteiger partial charge in [-0.05, 0) is 17.7 Å². The van der Waals surface area contributed by atoms with Crippen LogP contribution in [0.25, 0.3) is 0 Å². The Balaban J connectivity index is 2.01. The van der Waals surface area contributed by atoms with Crippen molar-refractivity contribution in [3.8, 4) is 0 Å². The molecule has 0 N–H and O–H groups in total. The zero-order valence-corrected chi connectivity index (χ0v) is 15.4. The van der Waals surface area contributed by atoms with Crippen LogP contribution in [0.15, 0.2) is 65.4 Å². The van der Waals surface area contributed by atoms with Crippen molar-refractivity contribution in [2.45, 2.75) is 20.4 Å². The van der Waals surface area contributed by atoms with Gasteiger partial charge in [-0.25, -0.2) is 14.1 Å². The summed E-state index contributed by atoms with van der Waals surface area (Å²) in [5, 5.41) is 0. The summed E-state index contributed by atoms with van der Waals surface area (Å²) in [5.74, 6) is 0. The largest absolute Gasteiger partial charge is 0.320 e. The summed E-state index contributed by atoms with van der Waals surface area (Å²) in [6.45, 7) is 8.80. The van der Waals surface area contributed by atoms with Gasteiger partial charge in [0.1, 0.15) is 0 Å². The van der Waals surface area contributed by atoms with Gasteiger partial charge in [0.25, 0.3) is 0 Å². The van der Waals surface area contributed by atoms with Gasteiger partial charge in [-0.3, -0.25) is 0 Å². The minimum Gasteiger partial charge on any atom is -0.320 e. The van der Waals surface area contributed by atoms with E-state index in [0.29, 0.717) is 0 Å². The van der Waals surface area contributed by atoms with Crippen LogP contribution in [-0.2, 0) is 11.1 Å². The van der Waals surface area contributed by atoms with Crippen molar-refractivity contribution < 1.29 is 4.52 Å². The van der Waals surface area contributed by atoms with Crippen molar-refractivity contribution in [1.29, 1.82) is 0 Å². The van der Waals surface area contributed by atoms with Crippen molar-refractivity contribution in [3.05, 3.63) is 66.2 Å². The predicted molar refractivity (Wildman–Crippen MR) is 101 cm³/mol. The van der Waals surface area contributed by atoms with E-state index in [1.54, 1.807) is 0 Å². The van der Waals surface area contributed by atoms with Crippen LogP contribution in [0.5, 0.6) is 0 Å². The fourth-order valence-corrected chi connectivity index (χ4v) is 6.28. The standard InChI is InChI=1S/C19H26N3OP/c1-3-21(4-2)24(20-19-13-9-6-10-14-19)22(15-16-23-24)17-18-11-7-5-8-12-18/h5-14H,3-4,15-17H2,1-2H3. The zero-order valence-electron chi connectivity index (χ0n) is 14.5. The van der Waals surface area contributed by atoms with E-state index in [0.717, 1.165) is 38.5 Å². The predicted octanol–water partition coefficient (Wildman–Crippen LogP) is 5.14. The van der Waals surface area contributed by atoms with Gasteiger partial charge in [0.2, 0.25) is 7.58 Å². The summed E-state index contributed by atoms with van der Waals surface area (Å²) < 4.78 is 16.4. The highest BCUT2D eigenvalue weighted by Gasteiger charge is 2.39. The first-order chi connectivity index (χ1) is 11.8. The molecule has 1 fully saturated rings. The SMILES string of the molecule is CCN(CC)P1(=Nc2ccccc2)OCCN1Cc1ccccc1. The number of benzene rings is 2. The third kappa shape index (κ3) is 3.62. The first-order valence-corrected chi connectivity index (χ1v) is 10.2. The average molecular weight is 343 g/mol. The van der Waals surface area contributed by atoms with Gasteiger partial charge in [0.15, 0.2) is 0 Å². The number of hydrogen-bond donors (Lipinski definition) is 0. The second kappa shape index (κ2) is 8.09. The van der Waals surface area contributed by atoms with E-state index in [9.17, 15) is 0 Å². The summed E-state index contributed by atoms with van der Waals surface area (Å²) in [6.07, 6.45) is 0. The zero-order chi connectivity index (χ0) is 16.8. The Hall–Kier alpha value is -1.45. The minimum absolute atomic E-state index is 0.743. The summed E-state index contributed by atoms with van der Waals surface area (Å²) in [6, 6.07) is 20.8. The van der Waals surface area contributed by atoms with Gasteiger partial charge < -0.3 is 4.52 Å². The third-order valence-electron chi connectivity index (χ3n) is 4.29. The van der Waals surface area contributed by atoms with Gasteiger partial charge in [-0.2, -0.15) is 0 Å². The molecule has 0 radical (unpaired) electrons. The van der Waals surface area contributed by atoms with E-state index in [-0.39, 0.29) is 0 Å². The molecule has 1 heterocycles.